The Labute approximate surface area is 188 Å². The molecule has 0 radical (unpaired) electrons. The third kappa shape index (κ3) is 7.00. The number of nitrogen functional groups attached to an aromatic ring is 1. The number of aromatic nitrogens is 2. The van der Waals surface area contributed by atoms with Crippen molar-refractivity contribution in [2.24, 2.45) is 0 Å². The number of nitrogens with one attached hydrogen (secondary N) is 1. The maximum Gasteiger partial charge on any atom is 0.351 e. The molecule has 0 aliphatic carbocycles. The normalized spacial score (nSPS) is 20.1. The Kier molecular flexibility index (Phi) is 8.58. The summed E-state index contributed by atoms with van der Waals surface area (Å²) in [7, 11) is -1.66. The van der Waals surface area contributed by atoms with Crippen LogP contribution in [0.3, 0.4) is 0 Å². The van der Waals surface area contributed by atoms with Crippen LogP contribution in [0.1, 0.15) is 39.8 Å². The van der Waals surface area contributed by atoms with E-state index in [-0.39, 0.29) is 30.6 Å². The molecule has 3 rings (SSSR count). The van der Waals surface area contributed by atoms with Crippen LogP contribution in [0.25, 0.3) is 0 Å². The van der Waals surface area contributed by atoms with Crippen LogP contribution < -0.4 is 21.0 Å². The number of ether oxygens (including phenoxy) is 2. The monoisotopic (exact) mass is 464 g/mol. The van der Waals surface area contributed by atoms with E-state index in [1.54, 1.807) is 45.2 Å². The zero-order chi connectivity index (χ0) is 23.1. The largest absolute Gasteiger partial charge is 0.462 e. The minimum absolute atomic E-state index is 0.170. The second-order valence-corrected chi connectivity index (χ2v) is 8.84. The lowest BCUT2D eigenvalue weighted by Gasteiger charge is -2.23. The summed E-state index contributed by atoms with van der Waals surface area (Å²) in [5, 5.41) is 3.06. The summed E-state index contributed by atoms with van der Waals surface area (Å²) in [6.07, 6.45) is 2.02. The highest BCUT2D eigenvalue weighted by Crippen LogP contribution is 2.38. The second kappa shape index (κ2) is 11.4. The average Bonchev–Trinajstić information content (AvgIpc) is 3.21. The Morgan fingerprint density at radius 3 is 2.72 bits per heavy atom. The number of anilines is 1. The lowest BCUT2D eigenvalue weighted by atomic mass is 10.2. The molecule has 1 aliphatic rings. The molecule has 1 aromatic heterocycles. The quantitative estimate of drug-likeness (QED) is 0.403. The van der Waals surface area contributed by atoms with Crippen LogP contribution in [0.15, 0.2) is 47.4 Å². The molecule has 0 spiro atoms. The van der Waals surface area contributed by atoms with E-state index in [9.17, 15) is 9.59 Å². The number of para-hydroxylation sites is 1. The van der Waals surface area contributed by atoms with E-state index in [1.165, 1.54) is 4.57 Å². The van der Waals surface area contributed by atoms with Gasteiger partial charge in [-0.25, -0.2) is 9.88 Å². The molecule has 11 heteroatoms. The fourth-order valence-corrected chi connectivity index (χ4v) is 4.24. The molecule has 2 heterocycles. The smallest absolute Gasteiger partial charge is 0.351 e. The van der Waals surface area contributed by atoms with Gasteiger partial charge in [0.05, 0.1) is 18.8 Å². The molecular weight excluding hydrogens is 435 g/mol. The first-order valence-corrected chi connectivity index (χ1v) is 11.6. The summed E-state index contributed by atoms with van der Waals surface area (Å²) < 4.78 is 24.5. The summed E-state index contributed by atoms with van der Waals surface area (Å²) in [4.78, 5) is 28.0. The molecule has 4 atom stereocenters. The minimum atomic E-state index is -1.66. The number of hydrogen-bond donors (Lipinski definition) is 2. The van der Waals surface area contributed by atoms with Gasteiger partial charge in [0, 0.05) is 6.20 Å². The standard InChI is InChI=1S/C21H29N4O6P/c1-14(2)29-20(26)15(3)24-32(31-16-7-5-4-6-8-16)28-13-17-9-10-19(30-17)25-12-11-18(22)23-21(25)27/h4-8,11-12,14-15,17,19,24H,9-10,13H2,1-3H3,(H2,22,23,27)/t15-,17+,19?,32?/m1/s1. The number of carbonyl (C=O) groups excluding carboxylic acids is 1. The zero-order valence-electron chi connectivity index (χ0n) is 18.3. The number of nitrogens with zero attached hydrogens (tertiary/aromatic N) is 2. The van der Waals surface area contributed by atoms with Gasteiger partial charge >= 0.3 is 20.2 Å². The van der Waals surface area contributed by atoms with Crippen LogP contribution in [-0.2, 0) is 18.8 Å². The molecule has 2 unspecified atom stereocenters. The van der Waals surface area contributed by atoms with Gasteiger partial charge in [-0.05, 0) is 51.8 Å². The van der Waals surface area contributed by atoms with Gasteiger partial charge < -0.3 is 24.3 Å². The molecule has 1 aromatic carbocycles. The van der Waals surface area contributed by atoms with E-state index >= 15 is 0 Å². The fraction of sp³-hybridized carbons (Fsp3) is 0.476. The number of hydrogen-bond acceptors (Lipinski definition) is 9. The van der Waals surface area contributed by atoms with Crippen LogP contribution in [0.4, 0.5) is 5.82 Å². The summed E-state index contributed by atoms with van der Waals surface area (Å²) >= 11 is 0. The van der Waals surface area contributed by atoms with Crippen LogP contribution in [-0.4, -0.2) is 40.4 Å². The highest BCUT2D eigenvalue weighted by molar-refractivity contribution is 7.45. The molecule has 2 aromatic rings. The van der Waals surface area contributed by atoms with Gasteiger partial charge in [0.2, 0.25) is 0 Å². The molecule has 0 bridgehead atoms. The Hall–Kier alpha value is -2.52. The fourth-order valence-electron chi connectivity index (χ4n) is 3.02. The van der Waals surface area contributed by atoms with Crippen LogP contribution in [0, 0.1) is 0 Å². The first-order chi connectivity index (χ1) is 15.3. The molecule has 0 saturated carbocycles. The van der Waals surface area contributed by atoms with Crippen molar-refractivity contribution in [3.8, 4) is 5.75 Å². The summed E-state index contributed by atoms with van der Waals surface area (Å²) in [5.41, 5.74) is 5.09. The van der Waals surface area contributed by atoms with Crippen molar-refractivity contribution in [2.45, 2.75) is 58.1 Å². The average molecular weight is 464 g/mol. The first kappa shape index (κ1) is 24.1. The van der Waals surface area contributed by atoms with Crippen LogP contribution in [0.5, 0.6) is 5.75 Å². The van der Waals surface area contributed by atoms with Gasteiger partial charge in [-0.3, -0.25) is 9.36 Å². The molecule has 32 heavy (non-hydrogen) atoms. The van der Waals surface area contributed by atoms with Gasteiger partial charge in [0.15, 0.2) is 0 Å². The van der Waals surface area contributed by atoms with Gasteiger partial charge in [0.1, 0.15) is 23.8 Å². The molecule has 1 aliphatic heterocycles. The van der Waals surface area contributed by atoms with E-state index in [2.05, 4.69) is 10.1 Å². The molecule has 1 fully saturated rings. The Morgan fingerprint density at radius 2 is 2.03 bits per heavy atom. The highest BCUT2D eigenvalue weighted by Gasteiger charge is 2.30. The lowest BCUT2D eigenvalue weighted by Crippen LogP contribution is -2.35. The summed E-state index contributed by atoms with van der Waals surface area (Å²) in [6.45, 7) is 5.51. The van der Waals surface area contributed by atoms with E-state index < -0.39 is 26.5 Å². The van der Waals surface area contributed by atoms with Gasteiger partial charge in [0.25, 0.3) is 0 Å². The van der Waals surface area contributed by atoms with E-state index in [1.807, 2.05) is 18.2 Å². The van der Waals surface area contributed by atoms with Crippen molar-refractivity contribution >= 4 is 20.3 Å². The van der Waals surface area contributed by atoms with Crippen LogP contribution >= 0.6 is 8.53 Å². The van der Waals surface area contributed by atoms with Gasteiger partial charge in [-0.2, -0.15) is 4.98 Å². The lowest BCUT2D eigenvalue weighted by molar-refractivity contribution is -0.149. The molecule has 3 N–H and O–H groups in total. The van der Waals surface area contributed by atoms with Crippen molar-refractivity contribution < 1.29 is 23.3 Å². The number of carbonyl (C=O) groups is 1. The van der Waals surface area contributed by atoms with Crippen molar-refractivity contribution in [1.29, 1.82) is 0 Å². The Balaban J connectivity index is 1.59. The highest BCUT2D eigenvalue weighted by atomic mass is 31.2. The number of benzene rings is 1. The maximum atomic E-state index is 12.2. The molecule has 0 amide bonds. The van der Waals surface area contributed by atoms with E-state index in [4.69, 9.17) is 24.3 Å². The number of esters is 1. The maximum absolute atomic E-state index is 12.2. The Morgan fingerprint density at radius 1 is 1.28 bits per heavy atom. The van der Waals surface area contributed by atoms with E-state index in [0.29, 0.717) is 18.6 Å². The van der Waals surface area contributed by atoms with Gasteiger partial charge in [-0.1, -0.05) is 18.2 Å². The first-order valence-electron chi connectivity index (χ1n) is 10.4. The topological polar surface area (TPSA) is 127 Å². The van der Waals surface area contributed by atoms with Gasteiger partial charge in [-0.15, -0.1) is 0 Å². The third-order valence-electron chi connectivity index (χ3n) is 4.56. The van der Waals surface area contributed by atoms with Crippen molar-refractivity contribution in [3.63, 3.8) is 0 Å². The summed E-state index contributed by atoms with van der Waals surface area (Å²) in [5.74, 6) is 0.393. The Bertz CT molecular complexity index is 941. The van der Waals surface area contributed by atoms with Crippen molar-refractivity contribution in [2.75, 3.05) is 12.3 Å². The van der Waals surface area contributed by atoms with E-state index in [0.717, 1.165) is 0 Å². The summed E-state index contributed by atoms with van der Waals surface area (Å²) in [6, 6.07) is 10.1. The van der Waals surface area contributed by atoms with Crippen molar-refractivity contribution in [3.05, 3.63) is 53.1 Å². The van der Waals surface area contributed by atoms with Crippen LogP contribution in [0.2, 0.25) is 0 Å². The predicted molar refractivity (Wildman–Crippen MR) is 120 cm³/mol. The zero-order valence-corrected chi connectivity index (χ0v) is 19.2. The number of rotatable bonds is 10. The number of nitrogens with two attached hydrogens (primary N) is 1. The molecule has 10 nitrogen and oxygen atoms in total. The second-order valence-electron chi connectivity index (χ2n) is 7.63. The third-order valence-corrected chi connectivity index (χ3v) is 5.92. The molecule has 1 saturated heterocycles. The molecular formula is C21H29N4O6P. The SMILES string of the molecule is CC(C)OC(=O)[C@@H](C)NP(OC[C@@H]1CCC(n2ccc(N)nc2=O)O1)Oc1ccccc1. The predicted octanol–water partition coefficient (Wildman–Crippen LogP) is 2.76. The minimum Gasteiger partial charge on any atom is -0.462 e. The molecule has 174 valence electrons. The van der Waals surface area contributed by atoms with Crippen molar-refractivity contribution in [1.82, 2.24) is 14.6 Å².